The first kappa shape index (κ1) is 12.9. The van der Waals surface area contributed by atoms with Gasteiger partial charge in [-0.05, 0) is 48.6 Å². The minimum atomic E-state index is 0.395. The Kier molecular flexibility index (Phi) is 3.00. The van der Waals surface area contributed by atoms with Gasteiger partial charge in [0.1, 0.15) is 0 Å². The largest absolute Gasteiger partial charge is 0.369 e. The van der Waals surface area contributed by atoms with Crippen molar-refractivity contribution < 1.29 is 0 Å². The Bertz CT molecular complexity index is 822. The Hall–Kier alpha value is -1.81. The van der Waals surface area contributed by atoms with Crippen molar-refractivity contribution in [3.05, 3.63) is 58.1 Å². The number of nitrogen functional groups attached to an aromatic ring is 1. The summed E-state index contributed by atoms with van der Waals surface area (Å²) in [5.74, 6) is 0.618. The summed E-state index contributed by atoms with van der Waals surface area (Å²) in [7, 11) is 0. The van der Waals surface area contributed by atoms with E-state index >= 15 is 0 Å². The first-order valence-corrected chi connectivity index (χ1v) is 8.01. The molecule has 1 atom stereocenters. The number of nitrogens with two attached hydrogens (primary N) is 1. The van der Waals surface area contributed by atoms with Gasteiger partial charge in [-0.1, -0.05) is 40.2 Å². The summed E-state index contributed by atoms with van der Waals surface area (Å²) in [6.45, 7) is 0. The Balaban J connectivity index is 1.79. The lowest BCUT2D eigenvalue weighted by atomic mass is 9.88. The summed E-state index contributed by atoms with van der Waals surface area (Å²) in [4.78, 5) is 4.52. The third kappa shape index (κ3) is 2.14. The molecule has 3 aromatic rings. The standard InChI is InChI=1S/C17H16BrN3/c18-13-6-8-16-15(10-13)20-17(19)21(16)14-7-5-11-3-1-2-4-12(11)9-14/h1-4,6,8,10,14H,5,7,9H2,(H2,19,20). The predicted molar refractivity (Wildman–Crippen MR) is 89.3 cm³/mol. The number of aryl methyl sites for hydroxylation is 1. The maximum Gasteiger partial charge on any atom is 0.201 e. The quantitative estimate of drug-likeness (QED) is 0.723. The molecular formula is C17H16BrN3. The fraction of sp³-hybridized carbons (Fsp3) is 0.235. The lowest BCUT2D eigenvalue weighted by Gasteiger charge is -2.27. The van der Waals surface area contributed by atoms with E-state index in [-0.39, 0.29) is 0 Å². The molecule has 0 radical (unpaired) electrons. The Morgan fingerprint density at radius 2 is 1.95 bits per heavy atom. The van der Waals surface area contributed by atoms with Crippen molar-refractivity contribution in [3.63, 3.8) is 0 Å². The highest BCUT2D eigenvalue weighted by atomic mass is 79.9. The van der Waals surface area contributed by atoms with Gasteiger partial charge in [0.2, 0.25) is 5.95 Å². The summed E-state index contributed by atoms with van der Waals surface area (Å²) in [6.07, 6.45) is 3.25. The SMILES string of the molecule is Nc1nc2cc(Br)ccc2n1C1CCc2ccccc2C1. The molecule has 3 nitrogen and oxygen atoms in total. The maximum absolute atomic E-state index is 6.19. The van der Waals surface area contributed by atoms with Crippen LogP contribution in [-0.4, -0.2) is 9.55 Å². The van der Waals surface area contributed by atoms with E-state index in [4.69, 9.17) is 5.73 Å². The molecule has 21 heavy (non-hydrogen) atoms. The number of rotatable bonds is 1. The third-order valence-corrected chi connectivity index (χ3v) is 4.86. The monoisotopic (exact) mass is 341 g/mol. The van der Waals surface area contributed by atoms with Crippen molar-refractivity contribution in [2.24, 2.45) is 0 Å². The molecule has 2 N–H and O–H groups in total. The molecule has 1 heterocycles. The highest BCUT2D eigenvalue weighted by molar-refractivity contribution is 9.10. The van der Waals surface area contributed by atoms with Gasteiger partial charge < -0.3 is 10.3 Å². The fourth-order valence-electron chi connectivity index (χ4n) is 3.37. The van der Waals surface area contributed by atoms with Crippen LogP contribution in [0.1, 0.15) is 23.6 Å². The highest BCUT2D eigenvalue weighted by Crippen LogP contribution is 2.33. The van der Waals surface area contributed by atoms with Crippen molar-refractivity contribution in [1.82, 2.24) is 9.55 Å². The van der Waals surface area contributed by atoms with Crippen molar-refractivity contribution >= 4 is 32.9 Å². The van der Waals surface area contributed by atoms with E-state index < -0.39 is 0 Å². The van der Waals surface area contributed by atoms with Gasteiger partial charge in [0, 0.05) is 10.5 Å². The number of hydrogen-bond donors (Lipinski definition) is 1. The second-order valence-corrected chi connectivity index (χ2v) is 6.55. The van der Waals surface area contributed by atoms with Gasteiger partial charge >= 0.3 is 0 Å². The van der Waals surface area contributed by atoms with Crippen LogP contribution < -0.4 is 5.73 Å². The number of anilines is 1. The zero-order valence-electron chi connectivity index (χ0n) is 11.6. The number of fused-ring (bicyclic) bond motifs is 2. The van der Waals surface area contributed by atoms with Crippen molar-refractivity contribution in [1.29, 1.82) is 0 Å². The number of hydrogen-bond acceptors (Lipinski definition) is 2. The molecule has 0 fully saturated rings. The number of aromatic nitrogens is 2. The van der Waals surface area contributed by atoms with Crippen LogP contribution in [0, 0.1) is 0 Å². The average molecular weight is 342 g/mol. The Morgan fingerprint density at radius 1 is 1.14 bits per heavy atom. The molecule has 1 unspecified atom stereocenters. The van der Waals surface area contributed by atoms with Crippen LogP contribution in [0.5, 0.6) is 0 Å². The van der Waals surface area contributed by atoms with Crippen LogP contribution in [0.3, 0.4) is 0 Å². The Labute approximate surface area is 131 Å². The molecule has 0 saturated heterocycles. The van der Waals surface area contributed by atoms with E-state index in [9.17, 15) is 0 Å². The Morgan fingerprint density at radius 3 is 2.81 bits per heavy atom. The van der Waals surface area contributed by atoms with E-state index in [2.05, 4.69) is 61.9 Å². The average Bonchev–Trinajstić information content (AvgIpc) is 2.81. The highest BCUT2D eigenvalue weighted by Gasteiger charge is 2.23. The van der Waals surface area contributed by atoms with E-state index in [0.29, 0.717) is 12.0 Å². The number of nitrogens with zero attached hydrogens (tertiary/aromatic N) is 2. The molecule has 2 aromatic carbocycles. The predicted octanol–water partition coefficient (Wildman–Crippen LogP) is 4.11. The molecule has 0 aliphatic heterocycles. The molecule has 1 aliphatic rings. The molecular weight excluding hydrogens is 326 g/mol. The molecule has 1 aromatic heterocycles. The molecule has 0 saturated carbocycles. The molecule has 4 rings (SSSR count). The molecule has 0 bridgehead atoms. The second kappa shape index (κ2) is 4.88. The summed E-state index contributed by atoms with van der Waals surface area (Å²) in [5.41, 5.74) is 11.2. The maximum atomic E-state index is 6.19. The van der Waals surface area contributed by atoms with Crippen molar-refractivity contribution in [3.8, 4) is 0 Å². The molecule has 0 amide bonds. The number of imidazole rings is 1. The first-order chi connectivity index (χ1) is 10.2. The van der Waals surface area contributed by atoms with Gasteiger partial charge in [0.15, 0.2) is 0 Å². The van der Waals surface area contributed by atoms with Crippen molar-refractivity contribution in [2.45, 2.75) is 25.3 Å². The molecule has 4 heteroatoms. The molecule has 1 aliphatic carbocycles. The number of benzene rings is 2. The van der Waals surface area contributed by atoms with Gasteiger partial charge in [-0.15, -0.1) is 0 Å². The second-order valence-electron chi connectivity index (χ2n) is 5.64. The van der Waals surface area contributed by atoms with Crippen LogP contribution in [0.25, 0.3) is 11.0 Å². The number of halogens is 1. The van der Waals surface area contributed by atoms with Gasteiger partial charge in [0.25, 0.3) is 0 Å². The van der Waals surface area contributed by atoms with E-state index in [0.717, 1.165) is 34.8 Å². The van der Waals surface area contributed by atoms with Crippen LogP contribution in [0.4, 0.5) is 5.95 Å². The van der Waals surface area contributed by atoms with Crippen LogP contribution in [0.2, 0.25) is 0 Å². The van der Waals surface area contributed by atoms with Gasteiger partial charge in [0.05, 0.1) is 11.0 Å². The van der Waals surface area contributed by atoms with Crippen molar-refractivity contribution in [2.75, 3.05) is 5.73 Å². The minimum absolute atomic E-state index is 0.395. The molecule has 0 spiro atoms. The lowest BCUT2D eigenvalue weighted by molar-refractivity contribution is 0.457. The van der Waals surface area contributed by atoms with Gasteiger partial charge in [-0.25, -0.2) is 4.98 Å². The van der Waals surface area contributed by atoms with Crippen LogP contribution in [0.15, 0.2) is 46.9 Å². The first-order valence-electron chi connectivity index (χ1n) is 7.22. The normalized spacial score (nSPS) is 17.9. The van der Waals surface area contributed by atoms with Gasteiger partial charge in [-0.2, -0.15) is 0 Å². The summed E-state index contributed by atoms with van der Waals surface area (Å²) >= 11 is 3.49. The fourth-order valence-corrected chi connectivity index (χ4v) is 3.72. The zero-order chi connectivity index (χ0) is 14.4. The van der Waals surface area contributed by atoms with E-state index in [1.165, 1.54) is 11.1 Å². The topological polar surface area (TPSA) is 43.8 Å². The van der Waals surface area contributed by atoms with Gasteiger partial charge in [-0.3, -0.25) is 0 Å². The van der Waals surface area contributed by atoms with Crippen LogP contribution in [-0.2, 0) is 12.8 Å². The van der Waals surface area contributed by atoms with Crippen LogP contribution >= 0.6 is 15.9 Å². The third-order valence-electron chi connectivity index (χ3n) is 4.36. The van der Waals surface area contributed by atoms with E-state index in [1.807, 2.05) is 6.07 Å². The lowest BCUT2D eigenvalue weighted by Crippen LogP contribution is -2.20. The zero-order valence-corrected chi connectivity index (χ0v) is 13.2. The summed E-state index contributed by atoms with van der Waals surface area (Å²) < 4.78 is 3.24. The molecule has 106 valence electrons. The minimum Gasteiger partial charge on any atom is -0.369 e. The summed E-state index contributed by atoms with van der Waals surface area (Å²) in [6, 6.07) is 15.3. The summed E-state index contributed by atoms with van der Waals surface area (Å²) in [5, 5.41) is 0. The smallest absolute Gasteiger partial charge is 0.201 e. The van der Waals surface area contributed by atoms with E-state index in [1.54, 1.807) is 0 Å².